The maximum Gasteiger partial charge on any atom is 0.164 e. The van der Waals surface area contributed by atoms with Gasteiger partial charge in [0.25, 0.3) is 0 Å². The standard InChI is InChI=1S/C27H44O4/c1-24(2,30)13-12-23(29)27(5,31)22-9-8-20-19-7-6-17-16-18(28)10-14-25(17,3)21(19)11-15-26(20,22)4/h6,18-22,28,30-31H,7-16H2,1-5H3/t18-,19-,20-,21-,22-,25-,26-,27+/m0/s1. The molecule has 4 rings (SSSR count). The second-order valence-corrected chi connectivity index (χ2v) is 12.7. The average molecular weight is 433 g/mol. The molecule has 8 atom stereocenters. The number of carbonyl (C=O) groups excluding carboxylic acids is 1. The Labute approximate surface area is 188 Å². The van der Waals surface area contributed by atoms with Gasteiger partial charge in [-0.05, 0) is 107 Å². The number of allylic oxidation sites excluding steroid dienone is 1. The van der Waals surface area contributed by atoms with Crippen molar-refractivity contribution in [3.63, 3.8) is 0 Å². The van der Waals surface area contributed by atoms with Gasteiger partial charge in [-0.2, -0.15) is 0 Å². The largest absolute Gasteiger partial charge is 0.393 e. The Balaban J connectivity index is 1.55. The van der Waals surface area contributed by atoms with Gasteiger partial charge in [0.1, 0.15) is 5.60 Å². The molecule has 0 aliphatic heterocycles. The zero-order valence-electron chi connectivity index (χ0n) is 20.3. The molecule has 4 nitrogen and oxygen atoms in total. The number of rotatable bonds is 5. The molecule has 0 radical (unpaired) electrons. The minimum Gasteiger partial charge on any atom is -0.393 e. The van der Waals surface area contributed by atoms with Gasteiger partial charge < -0.3 is 15.3 Å². The van der Waals surface area contributed by atoms with Crippen molar-refractivity contribution in [1.82, 2.24) is 0 Å². The Morgan fingerprint density at radius 2 is 1.77 bits per heavy atom. The Hall–Kier alpha value is -0.710. The summed E-state index contributed by atoms with van der Waals surface area (Å²) in [5.74, 6) is 1.71. The fourth-order valence-electron chi connectivity index (χ4n) is 8.43. The van der Waals surface area contributed by atoms with Gasteiger partial charge in [0.05, 0.1) is 11.7 Å². The van der Waals surface area contributed by atoms with Crippen LogP contribution in [0.25, 0.3) is 0 Å². The van der Waals surface area contributed by atoms with Crippen molar-refractivity contribution in [2.75, 3.05) is 0 Å². The lowest BCUT2D eigenvalue weighted by atomic mass is 9.46. The first kappa shape index (κ1) is 23.4. The van der Waals surface area contributed by atoms with E-state index < -0.39 is 11.2 Å². The summed E-state index contributed by atoms with van der Waals surface area (Å²) in [6, 6.07) is 0. The minimum atomic E-state index is -1.32. The second-order valence-electron chi connectivity index (χ2n) is 12.7. The summed E-state index contributed by atoms with van der Waals surface area (Å²) in [4.78, 5) is 13.1. The van der Waals surface area contributed by atoms with Crippen LogP contribution < -0.4 is 0 Å². The van der Waals surface area contributed by atoms with E-state index in [4.69, 9.17) is 0 Å². The van der Waals surface area contributed by atoms with E-state index in [1.165, 1.54) is 5.57 Å². The normalized spacial score (nSPS) is 44.5. The molecule has 0 unspecified atom stereocenters. The van der Waals surface area contributed by atoms with Gasteiger partial charge in [-0.1, -0.05) is 25.5 Å². The third-order valence-electron chi connectivity index (χ3n) is 10.3. The van der Waals surface area contributed by atoms with E-state index in [1.54, 1.807) is 20.8 Å². The molecule has 4 heteroatoms. The third kappa shape index (κ3) is 3.85. The summed E-state index contributed by atoms with van der Waals surface area (Å²) in [6.45, 7) is 9.97. The van der Waals surface area contributed by atoms with Crippen molar-refractivity contribution in [1.29, 1.82) is 0 Å². The van der Waals surface area contributed by atoms with Gasteiger partial charge in [0.2, 0.25) is 0 Å². The number of aliphatic hydroxyl groups excluding tert-OH is 1. The molecule has 0 aromatic carbocycles. The molecular weight excluding hydrogens is 388 g/mol. The van der Waals surface area contributed by atoms with Crippen LogP contribution >= 0.6 is 0 Å². The molecule has 176 valence electrons. The molecule has 0 spiro atoms. The molecule has 0 bridgehead atoms. The first-order chi connectivity index (χ1) is 14.3. The fraction of sp³-hybridized carbons (Fsp3) is 0.889. The number of hydrogen-bond acceptors (Lipinski definition) is 4. The number of carbonyl (C=O) groups is 1. The van der Waals surface area contributed by atoms with Crippen molar-refractivity contribution in [2.24, 2.45) is 34.5 Å². The van der Waals surface area contributed by atoms with E-state index >= 15 is 0 Å². The smallest absolute Gasteiger partial charge is 0.164 e. The molecular formula is C27H44O4. The Morgan fingerprint density at radius 1 is 1.06 bits per heavy atom. The summed E-state index contributed by atoms with van der Waals surface area (Å²) >= 11 is 0. The van der Waals surface area contributed by atoms with Gasteiger partial charge in [-0.25, -0.2) is 0 Å². The molecule has 0 heterocycles. The number of ketones is 1. The molecule has 3 N–H and O–H groups in total. The van der Waals surface area contributed by atoms with E-state index in [2.05, 4.69) is 19.9 Å². The molecule has 0 saturated heterocycles. The summed E-state index contributed by atoms with van der Waals surface area (Å²) in [7, 11) is 0. The Morgan fingerprint density at radius 3 is 2.45 bits per heavy atom. The van der Waals surface area contributed by atoms with Crippen molar-refractivity contribution in [2.45, 2.75) is 116 Å². The van der Waals surface area contributed by atoms with Crippen LogP contribution in [0, 0.1) is 34.5 Å². The van der Waals surface area contributed by atoms with Crippen LogP contribution in [0.5, 0.6) is 0 Å². The zero-order valence-corrected chi connectivity index (χ0v) is 20.3. The zero-order chi connectivity index (χ0) is 22.8. The highest BCUT2D eigenvalue weighted by Crippen LogP contribution is 2.67. The highest BCUT2D eigenvalue weighted by Gasteiger charge is 2.62. The van der Waals surface area contributed by atoms with Gasteiger partial charge >= 0.3 is 0 Å². The number of aliphatic hydroxyl groups is 3. The summed E-state index contributed by atoms with van der Waals surface area (Å²) < 4.78 is 0. The topological polar surface area (TPSA) is 77.8 Å². The van der Waals surface area contributed by atoms with Crippen molar-refractivity contribution in [3.8, 4) is 0 Å². The van der Waals surface area contributed by atoms with Gasteiger partial charge in [0, 0.05) is 12.3 Å². The minimum absolute atomic E-state index is 0.00776. The van der Waals surface area contributed by atoms with Gasteiger partial charge in [-0.15, -0.1) is 0 Å². The summed E-state index contributed by atoms with van der Waals surface area (Å²) in [5, 5.41) is 31.7. The van der Waals surface area contributed by atoms with Crippen LogP contribution in [0.15, 0.2) is 11.6 Å². The SMILES string of the molecule is CC(C)(O)CCC(=O)[C@](C)(O)[C@H]1CC[C@H]2[C@@H]3CC=C4C[C@@H](O)CC[C@]4(C)[C@H]3CC[C@@]21C. The molecule has 0 amide bonds. The first-order valence-corrected chi connectivity index (χ1v) is 12.6. The summed E-state index contributed by atoms with van der Waals surface area (Å²) in [6.07, 6.45) is 11.0. The van der Waals surface area contributed by atoms with E-state index in [0.29, 0.717) is 24.2 Å². The molecule has 4 aliphatic carbocycles. The molecule has 4 aliphatic rings. The first-order valence-electron chi connectivity index (χ1n) is 12.6. The predicted octanol–water partition coefficient (Wildman–Crippen LogP) is 4.80. The lowest BCUT2D eigenvalue weighted by Crippen LogP contribution is -2.54. The van der Waals surface area contributed by atoms with Crippen LogP contribution in [0.2, 0.25) is 0 Å². The van der Waals surface area contributed by atoms with Crippen LogP contribution in [-0.2, 0) is 4.79 Å². The Bertz CT molecular complexity index is 747. The highest BCUT2D eigenvalue weighted by molar-refractivity contribution is 5.87. The maximum absolute atomic E-state index is 13.1. The Kier molecular flexibility index (Phi) is 5.80. The lowest BCUT2D eigenvalue weighted by molar-refractivity contribution is -0.152. The maximum atomic E-state index is 13.1. The molecule has 3 fully saturated rings. The fourth-order valence-corrected chi connectivity index (χ4v) is 8.43. The van der Waals surface area contributed by atoms with E-state index in [1.807, 2.05) is 0 Å². The van der Waals surface area contributed by atoms with E-state index in [0.717, 1.165) is 51.4 Å². The van der Waals surface area contributed by atoms with Gasteiger partial charge in [0.15, 0.2) is 5.78 Å². The second kappa shape index (κ2) is 7.67. The van der Waals surface area contributed by atoms with E-state index in [9.17, 15) is 20.1 Å². The van der Waals surface area contributed by atoms with Crippen LogP contribution in [0.4, 0.5) is 0 Å². The molecule has 0 aromatic rings. The van der Waals surface area contributed by atoms with Crippen molar-refractivity contribution in [3.05, 3.63) is 11.6 Å². The lowest BCUT2D eigenvalue weighted by Gasteiger charge is -2.58. The molecule has 3 saturated carbocycles. The molecule has 31 heavy (non-hydrogen) atoms. The third-order valence-corrected chi connectivity index (χ3v) is 10.3. The van der Waals surface area contributed by atoms with Crippen LogP contribution in [0.1, 0.15) is 98.8 Å². The van der Waals surface area contributed by atoms with Crippen molar-refractivity contribution >= 4 is 5.78 Å². The molecule has 0 aromatic heterocycles. The quantitative estimate of drug-likeness (QED) is 0.546. The average Bonchev–Trinajstić information content (AvgIpc) is 3.04. The van der Waals surface area contributed by atoms with Gasteiger partial charge in [-0.3, -0.25) is 4.79 Å². The predicted molar refractivity (Wildman–Crippen MR) is 122 cm³/mol. The number of hydrogen-bond donors (Lipinski definition) is 3. The number of fused-ring (bicyclic) bond motifs is 5. The number of Topliss-reactive ketones (excluding diaryl/α,β-unsaturated/α-hetero) is 1. The van der Waals surface area contributed by atoms with Crippen molar-refractivity contribution < 1.29 is 20.1 Å². The van der Waals surface area contributed by atoms with Crippen LogP contribution in [-0.4, -0.2) is 38.4 Å². The monoisotopic (exact) mass is 432 g/mol. The highest BCUT2D eigenvalue weighted by atomic mass is 16.3. The summed E-state index contributed by atoms with van der Waals surface area (Å²) in [5.41, 5.74) is -0.520. The van der Waals surface area contributed by atoms with E-state index in [-0.39, 0.29) is 35.1 Å². The van der Waals surface area contributed by atoms with Crippen LogP contribution in [0.3, 0.4) is 0 Å².